The van der Waals surface area contributed by atoms with Gasteiger partial charge in [-0.2, -0.15) is 0 Å². The molecule has 4 fully saturated rings. The average molecular weight is 489 g/mol. The van der Waals surface area contributed by atoms with Crippen LogP contribution >= 0.6 is 0 Å². The highest BCUT2D eigenvalue weighted by molar-refractivity contribution is 7.90. The van der Waals surface area contributed by atoms with Crippen molar-refractivity contribution in [1.29, 1.82) is 0 Å². The van der Waals surface area contributed by atoms with Crippen molar-refractivity contribution in [2.45, 2.75) is 69.1 Å². The molecule has 0 amide bonds. The number of fused-ring (bicyclic) bond motifs is 1. The second-order valence-corrected chi connectivity index (χ2v) is 13.0. The lowest BCUT2D eigenvalue weighted by Gasteiger charge is -2.42. The fourth-order valence-electron chi connectivity index (χ4n) is 6.43. The highest BCUT2D eigenvalue weighted by atomic mass is 32.2. The molecule has 0 aromatic rings. The summed E-state index contributed by atoms with van der Waals surface area (Å²) >= 11 is 0. The summed E-state index contributed by atoms with van der Waals surface area (Å²) in [7, 11) is 1.92. The summed E-state index contributed by atoms with van der Waals surface area (Å²) < 4.78 is 41.2. The predicted molar refractivity (Wildman–Crippen MR) is 128 cm³/mol. The van der Waals surface area contributed by atoms with Gasteiger partial charge in [0.25, 0.3) is 0 Å². The number of ether oxygens (including phenoxy) is 2. The summed E-state index contributed by atoms with van der Waals surface area (Å²) in [5.41, 5.74) is 6.84. The third-order valence-corrected chi connectivity index (χ3v) is 10.3. The first-order chi connectivity index (χ1) is 15.7. The molecule has 0 bridgehead atoms. The van der Waals surface area contributed by atoms with E-state index in [9.17, 15) is 8.42 Å². The Morgan fingerprint density at radius 2 is 1.91 bits per heavy atom. The van der Waals surface area contributed by atoms with Gasteiger partial charge in [-0.05, 0) is 49.5 Å². The van der Waals surface area contributed by atoms with Crippen molar-refractivity contribution in [2.75, 3.05) is 54.1 Å². The Hall–Kier alpha value is -0.370. The van der Waals surface area contributed by atoms with Crippen LogP contribution in [0.1, 0.15) is 39.5 Å². The van der Waals surface area contributed by atoms with E-state index in [1.165, 1.54) is 0 Å². The van der Waals surface area contributed by atoms with Gasteiger partial charge in [0.15, 0.2) is 0 Å². The zero-order valence-electron chi connectivity index (χ0n) is 20.8. The number of hydrogen-bond donors (Lipinski definition) is 4. The van der Waals surface area contributed by atoms with E-state index < -0.39 is 15.3 Å². The molecule has 0 spiro atoms. The maximum atomic E-state index is 13.5. The van der Waals surface area contributed by atoms with Crippen LogP contribution in [0.15, 0.2) is 0 Å². The van der Waals surface area contributed by atoms with Gasteiger partial charge in [0.2, 0.25) is 10.0 Å². The number of nitrogens with one attached hydrogen (secondary N) is 4. The van der Waals surface area contributed by atoms with Crippen molar-refractivity contribution in [2.24, 2.45) is 17.3 Å². The van der Waals surface area contributed by atoms with Crippen LogP contribution in [-0.2, 0) is 19.5 Å². The normalized spacial score (nSPS) is 39.1. The molecule has 3 heterocycles. The topological polar surface area (TPSA) is 107 Å². The number of rotatable bonds is 8. The second kappa shape index (κ2) is 10.3. The Morgan fingerprint density at radius 3 is 2.64 bits per heavy atom. The van der Waals surface area contributed by atoms with E-state index >= 15 is 0 Å². The van der Waals surface area contributed by atoms with Crippen LogP contribution in [0, 0.1) is 17.3 Å². The number of piperidine rings is 1. The van der Waals surface area contributed by atoms with Gasteiger partial charge in [-0.15, -0.1) is 0 Å². The summed E-state index contributed by atoms with van der Waals surface area (Å²) in [6.45, 7) is 7.96. The Morgan fingerprint density at radius 1 is 1.12 bits per heavy atom. The van der Waals surface area contributed by atoms with Crippen LogP contribution in [0.25, 0.3) is 0 Å². The summed E-state index contributed by atoms with van der Waals surface area (Å²) in [4.78, 5) is 0. The quantitative estimate of drug-likeness (QED) is 0.366. The van der Waals surface area contributed by atoms with Crippen LogP contribution in [0.5, 0.6) is 0 Å². The number of methoxy groups -OCH3 is 2. The fraction of sp³-hybridized carbons (Fsp3) is 1.00. The van der Waals surface area contributed by atoms with E-state index in [1.807, 2.05) is 7.05 Å². The molecule has 33 heavy (non-hydrogen) atoms. The Balaban J connectivity index is 1.39. The molecule has 7 unspecified atom stereocenters. The first kappa shape index (κ1) is 25.7. The summed E-state index contributed by atoms with van der Waals surface area (Å²) in [5, 5.41) is 7.25. The molecule has 4 aliphatic rings. The third kappa shape index (κ3) is 5.41. The van der Waals surface area contributed by atoms with Crippen LogP contribution in [0.4, 0.5) is 0 Å². The van der Waals surface area contributed by atoms with E-state index in [-0.39, 0.29) is 29.8 Å². The fourth-order valence-corrected chi connectivity index (χ4v) is 7.94. The number of hydrogen-bond acceptors (Lipinski definition) is 9. The molecule has 4 N–H and O–H groups in total. The van der Waals surface area contributed by atoms with Gasteiger partial charge in [0.05, 0.1) is 24.9 Å². The minimum atomic E-state index is -3.52. The lowest BCUT2D eigenvalue weighted by atomic mass is 9.74. The predicted octanol–water partition coefficient (Wildman–Crippen LogP) is -0.295. The maximum absolute atomic E-state index is 13.5. The zero-order chi connectivity index (χ0) is 23.8. The van der Waals surface area contributed by atoms with E-state index in [2.05, 4.69) is 44.8 Å². The van der Waals surface area contributed by atoms with Crippen molar-refractivity contribution in [1.82, 2.24) is 30.9 Å². The maximum Gasteiger partial charge on any atom is 0.217 e. The van der Waals surface area contributed by atoms with Gasteiger partial charge < -0.3 is 14.8 Å². The van der Waals surface area contributed by atoms with Crippen molar-refractivity contribution in [3.63, 3.8) is 0 Å². The molecule has 0 radical (unpaired) electrons. The molecule has 3 aliphatic heterocycles. The van der Waals surface area contributed by atoms with Gasteiger partial charge in [-0.1, -0.05) is 13.8 Å². The van der Waals surface area contributed by atoms with E-state index in [0.29, 0.717) is 24.9 Å². The molecular formula is C22H44N6O4S. The van der Waals surface area contributed by atoms with Gasteiger partial charge in [-0.3, -0.25) is 10.9 Å². The minimum absolute atomic E-state index is 0.0931. The first-order valence-electron chi connectivity index (χ1n) is 12.4. The lowest BCUT2D eigenvalue weighted by Crippen LogP contribution is -2.61. The molecule has 7 atom stereocenters. The number of nitrogens with zero attached hydrogens (tertiary/aromatic N) is 2. The largest absolute Gasteiger partial charge is 0.384 e. The number of hydrazine groups is 2. The molecule has 0 aromatic carbocycles. The standard InChI is InChI=1S/C22H44N6O4S/c1-22(2,14-31-4)16-8-9-23-19(10-16)28-13-17(12-25-28)33(29,30)26-20-18(32-5)7-6-15-11-24-27(3)21(15)20/h15-21,23-26H,6-14H2,1-5H3. The molecule has 4 rings (SSSR count). The summed E-state index contributed by atoms with van der Waals surface area (Å²) in [5.74, 6) is 0.956. The van der Waals surface area contributed by atoms with Gasteiger partial charge in [0, 0.05) is 46.9 Å². The Kier molecular flexibility index (Phi) is 8.04. The van der Waals surface area contributed by atoms with E-state index in [4.69, 9.17) is 9.47 Å². The van der Waals surface area contributed by atoms with Crippen LogP contribution in [0.3, 0.4) is 0 Å². The van der Waals surface area contributed by atoms with Crippen molar-refractivity contribution >= 4 is 10.0 Å². The summed E-state index contributed by atoms with van der Waals surface area (Å²) in [6, 6.07) is -0.146. The Bertz CT molecular complexity index is 768. The SMILES string of the molecule is COCC(C)(C)C1CCNC(N2CC(S(=O)(=O)NC3C(OC)CCC4CNN(C)C43)CN2)C1. The zero-order valence-corrected chi connectivity index (χ0v) is 21.7. The number of sulfonamides is 1. The minimum Gasteiger partial charge on any atom is -0.384 e. The highest BCUT2D eigenvalue weighted by Crippen LogP contribution is 2.36. The van der Waals surface area contributed by atoms with Gasteiger partial charge in [-0.25, -0.2) is 23.2 Å². The van der Waals surface area contributed by atoms with Gasteiger partial charge >= 0.3 is 0 Å². The van der Waals surface area contributed by atoms with Crippen molar-refractivity contribution < 1.29 is 17.9 Å². The smallest absolute Gasteiger partial charge is 0.217 e. The number of likely N-dealkylation sites (N-methyl/N-ethyl adjacent to an activating group) is 1. The van der Waals surface area contributed by atoms with Crippen molar-refractivity contribution in [3.05, 3.63) is 0 Å². The molecule has 3 saturated heterocycles. The molecule has 1 saturated carbocycles. The second-order valence-electron chi connectivity index (χ2n) is 11.0. The summed E-state index contributed by atoms with van der Waals surface area (Å²) in [6.07, 6.45) is 4.01. The lowest BCUT2D eigenvalue weighted by molar-refractivity contribution is 0.00321. The van der Waals surface area contributed by atoms with E-state index in [0.717, 1.165) is 45.4 Å². The highest BCUT2D eigenvalue weighted by Gasteiger charge is 2.48. The first-order valence-corrected chi connectivity index (χ1v) is 13.9. The third-order valence-electron chi connectivity index (χ3n) is 8.47. The van der Waals surface area contributed by atoms with Crippen LogP contribution < -0.4 is 20.9 Å². The van der Waals surface area contributed by atoms with Crippen molar-refractivity contribution in [3.8, 4) is 0 Å². The molecule has 0 aromatic heterocycles. The molecule has 192 valence electrons. The average Bonchev–Trinajstić information content (AvgIpc) is 3.42. The van der Waals surface area contributed by atoms with Crippen LogP contribution in [-0.4, -0.2) is 102 Å². The van der Waals surface area contributed by atoms with Crippen LogP contribution in [0.2, 0.25) is 0 Å². The van der Waals surface area contributed by atoms with Gasteiger partial charge in [0.1, 0.15) is 5.25 Å². The Labute approximate surface area is 199 Å². The molecular weight excluding hydrogens is 444 g/mol. The molecule has 10 nitrogen and oxygen atoms in total. The van der Waals surface area contributed by atoms with E-state index in [1.54, 1.807) is 14.2 Å². The molecule has 11 heteroatoms. The monoisotopic (exact) mass is 488 g/mol. The molecule has 1 aliphatic carbocycles.